The van der Waals surface area contributed by atoms with Gasteiger partial charge in [-0.15, -0.1) is 0 Å². The van der Waals surface area contributed by atoms with Crippen molar-refractivity contribution in [1.82, 2.24) is 5.32 Å². The van der Waals surface area contributed by atoms with E-state index in [1.54, 1.807) is 0 Å². The van der Waals surface area contributed by atoms with Gasteiger partial charge in [-0.3, -0.25) is 4.79 Å². The molecule has 0 saturated carbocycles. The summed E-state index contributed by atoms with van der Waals surface area (Å²) in [6.45, 7) is 2.59. The van der Waals surface area contributed by atoms with Crippen LogP contribution >= 0.6 is 0 Å². The summed E-state index contributed by atoms with van der Waals surface area (Å²) in [6.07, 6.45) is -5.08. The molecule has 2 N–H and O–H groups in total. The van der Waals surface area contributed by atoms with Crippen LogP contribution in [0.2, 0.25) is 0 Å². The smallest absolute Gasteiger partial charge is 0.475 e. The van der Waals surface area contributed by atoms with E-state index in [2.05, 4.69) is 5.32 Å². The predicted octanol–water partition coefficient (Wildman–Crippen LogP) is 1.26. The summed E-state index contributed by atoms with van der Waals surface area (Å²) in [5, 5.41) is 10.3. The number of β-lactam (4-membered cyclic amide) rings is 1. The number of carbonyl (C=O) groups is 2. The summed E-state index contributed by atoms with van der Waals surface area (Å²) in [4.78, 5) is 22.6. The molecule has 0 aliphatic carbocycles. The maximum atomic E-state index is 11.9. The van der Waals surface area contributed by atoms with Crippen molar-refractivity contribution in [1.29, 1.82) is 0 Å². The van der Waals surface area contributed by atoms with Crippen LogP contribution in [-0.4, -0.2) is 42.8 Å². The zero-order chi connectivity index (χ0) is 15.7. The normalized spacial score (nSPS) is 19.2. The van der Waals surface area contributed by atoms with Crippen molar-refractivity contribution in [2.24, 2.45) is 5.41 Å². The number of carbonyl (C=O) groups excluding carboxylic acids is 1. The summed E-state index contributed by atoms with van der Waals surface area (Å²) >= 11 is 0. The molecule has 1 aromatic carbocycles. The highest BCUT2D eigenvalue weighted by atomic mass is 19.4. The molecule has 0 unspecified atom stereocenters. The topological polar surface area (TPSA) is 69.6 Å². The Bertz CT molecular complexity index is 541. The third-order valence-corrected chi connectivity index (χ3v) is 3.40. The fourth-order valence-corrected chi connectivity index (χ4v) is 2.14. The lowest BCUT2D eigenvalue weighted by atomic mass is 9.73. The minimum absolute atomic E-state index is 0.0458. The Kier molecular flexibility index (Phi) is 3.91. The van der Waals surface area contributed by atoms with Crippen LogP contribution in [0.3, 0.4) is 0 Å². The van der Waals surface area contributed by atoms with E-state index in [9.17, 15) is 18.0 Å². The first-order valence-electron chi connectivity index (χ1n) is 6.14. The Labute approximate surface area is 118 Å². The number of aliphatic carboxylic acids is 1. The number of hydrogen-bond donors (Lipinski definition) is 2. The summed E-state index contributed by atoms with van der Waals surface area (Å²) in [6, 6.07) is 9.86. The number of carboxylic acid groups (broad SMARTS) is 1. The molecule has 114 valence electrons. The zero-order valence-electron chi connectivity index (χ0n) is 10.9. The van der Waals surface area contributed by atoms with Crippen molar-refractivity contribution in [2.45, 2.75) is 6.18 Å². The second-order valence-electron chi connectivity index (χ2n) is 4.91. The molecule has 2 heterocycles. The first-order chi connectivity index (χ1) is 9.76. The van der Waals surface area contributed by atoms with E-state index in [1.807, 2.05) is 35.2 Å². The largest absolute Gasteiger partial charge is 0.490 e. The maximum Gasteiger partial charge on any atom is 0.490 e. The number of rotatable bonds is 1. The van der Waals surface area contributed by atoms with Crippen LogP contribution in [0.1, 0.15) is 0 Å². The van der Waals surface area contributed by atoms with Gasteiger partial charge in [-0.25, -0.2) is 4.79 Å². The summed E-state index contributed by atoms with van der Waals surface area (Å²) in [5.74, 6) is -2.48. The predicted molar refractivity (Wildman–Crippen MR) is 67.8 cm³/mol. The first kappa shape index (κ1) is 15.3. The third-order valence-electron chi connectivity index (χ3n) is 3.40. The number of anilines is 1. The minimum atomic E-state index is -5.08. The van der Waals surface area contributed by atoms with Crippen molar-refractivity contribution in [2.75, 3.05) is 24.5 Å². The lowest BCUT2D eigenvalue weighted by molar-refractivity contribution is -0.192. The molecule has 0 aromatic heterocycles. The van der Waals surface area contributed by atoms with Gasteiger partial charge in [-0.2, -0.15) is 13.2 Å². The zero-order valence-corrected chi connectivity index (χ0v) is 10.9. The average Bonchev–Trinajstić information content (AvgIpc) is 2.36. The Morgan fingerprint density at radius 1 is 1.24 bits per heavy atom. The van der Waals surface area contributed by atoms with Gasteiger partial charge in [-0.1, -0.05) is 18.2 Å². The number of benzene rings is 1. The third kappa shape index (κ3) is 2.99. The second-order valence-corrected chi connectivity index (χ2v) is 4.91. The van der Waals surface area contributed by atoms with Gasteiger partial charge in [0.1, 0.15) is 0 Å². The van der Waals surface area contributed by atoms with Gasteiger partial charge in [0.25, 0.3) is 0 Å². The van der Waals surface area contributed by atoms with Crippen molar-refractivity contribution in [3.63, 3.8) is 0 Å². The van der Waals surface area contributed by atoms with Crippen LogP contribution in [0.25, 0.3) is 0 Å². The fourth-order valence-electron chi connectivity index (χ4n) is 2.14. The lowest BCUT2D eigenvalue weighted by Gasteiger charge is -2.54. The molecule has 0 radical (unpaired) electrons. The molecule has 2 aliphatic rings. The molecule has 0 bridgehead atoms. The van der Waals surface area contributed by atoms with E-state index in [1.165, 1.54) is 0 Å². The molecule has 1 spiro atoms. The Hall–Kier alpha value is -2.09. The summed E-state index contributed by atoms with van der Waals surface area (Å²) in [5.41, 5.74) is 0.977. The monoisotopic (exact) mass is 302 g/mol. The molecular formula is C13H13F3N2O3. The highest BCUT2D eigenvalue weighted by Gasteiger charge is 2.56. The molecule has 2 fully saturated rings. The standard InChI is InChI=1S/C11H12N2O.C2HF3O2/c14-10-11(6-12-7-11)8-13(10)9-4-2-1-3-5-9;3-2(4,5)1(6)7/h1-5,12H,6-8H2;(H,6,7). The molecule has 3 rings (SSSR count). The lowest BCUT2D eigenvalue weighted by Crippen LogP contribution is -2.74. The highest BCUT2D eigenvalue weighted by Crippen LogP contribution is 2.38. The quantitative estimate of drug-likeness (QED) is 0.766. The molecule has 21 heavy (non-hydrogen) atoms. The Morgan fingerprint density at radius 3 is 2.10 bits per heavy atom. The van der Waals surface area contributed by atoms with Gasteiger partial charge >= 0.3 is 12.1 Å². The number of halogens is 3. The molecule has 5 nitrogen and oxygen atoms in total. The molecule has 8 heteroatoms. The van der Waals surface area contributed by atoms with E-state index in [0.29, 0.717) is 0 Å². The van der Waals surface area contributed by atoms with Gasteiger partial charge in [0.15, 0.2) is 0 Å². The van der Waals surface area contributed by atoms with Crippen molar-refractivity contribution >= 4 is 17.6 Å². The van der Waals surface area contributed by atoms with Gasteiger partial charge in [0.2, 0.25) is 5.91 Å². The highest BCUT2D eigenvalue weighted by molar-refractivity contribution is 6.05. The van der Waals surface area contributed by atoms with Crippen LogP contribution in [-0.2, 0) is 9.59 Å². The fraction of sp³-hybridized carbons (Fsp3) is 0.385. The van der Waals surface area contributed by atoms with Gasteiger partial charge < -0.3 is 15.3 Å². The van der Waals surface area contributed by atoms with E-state index in [0.717, 1.165) is 25.3 Å². The Balaban J connectivity index is 0.000000199. The number of para-hydroxylation sites is 1. The number of carboxylic acids is 1. The SMILES string of the molecule is O=C(O)C(F)(F)F.O=C1N(c2ccccc2)CC12CNC2. The number of alkyl halides is 3. The molecule has 2 aliphatic heterocycles. The molecule has 1 aromatic rings. The number of amides is 1. The van der Waals surface area contributed by atoms with Crippen molar-refractivity contribution in [3.8, 4) is 0 Å². The van der Waals surface area contributed by atoms with E-state index in [4.69, 9.17) is 9.90 Å². The van der Waals surface area contributed by atoms with E-state index < -0.39 is 12.1 Å². The minimum Gasteiger partial charge on any atom is -0.475 e. The number of nitrogens with one attached hydrogen (secondary N) is 1. The first-order valence-corrected chi connectivity index (χ1v) is 6.14. The van der Waals surface area contributed by atoms with Crippen LogP contribution in [0.15, 0.2) is 30.3 Å². The van der Waals surface area contributed by atoms with Crippen LogP contribution in [0.4, 0.5) is 18.9 Å². The summed E-state index contributed by atoms with van der Waals surface area (Å²) < 4.78 is 31.7. The van der Waals surface area contributed by atoms with Crippen LogP contribution in [0, 0.1) is 5.41 Å². The van der Waals surface area contributed by atoms with Gasteiger partial charge in [0, 0.05) is 25.3 Å². The van der Waals surface area contributed by atoms with Gasteiger partial charge in [-0.05, 0) is 12.1 Å². The van der Waals surface area contributed by atoms with Gasteiger partial charge in [0.05, 0.1) is 5.41 Å². The van der Waals surface area contributed by atoms with Crippen LogP contribution < -0.4 is 10.2 Å². The number of nitrogens with zero attached hydrogens (tertiary/aromatic N) is 1. The van der Waals surface area contributed by atoms with Crippen molar-refractivity contribution < 1.29 is 27.9 Å². The van der Waals surface area contributed by atoms with E-state index in [-0.39, 0.29) is 11.3 Å². The van der Waals surface area contributed by atoms with E-state index >= 15 is 0 Å². The molecule has 1 amide bonds. The maximum absolute atomic E-state index is 11.9. The average molecular weight is 302 g/mol. The van der Waals surface area contributed by atoms with Crippen LogP contribution in [0.5, 0.6) is 0 Å². The molecule has 0 atom stereocenters. The molecule has 2 saturated heterocycles. The van der Waals surface area contributed by atoms with Crippen molar-refractivity contribution in [3.05, 3.63) is 30.3 Å². The second kappa shape index (κ2) is 5.36. The number of hydrogen-bond acceptors (Lipinski definition) is 3. The molecular weight excluding hydrogens is 289 g/mol. The Morgan fingerprint density at radius 2 is 1.76 bits per heavy atom. The summed E-state index contributed by atoms with van der Waals surface area (Å²) in [7, 11) is 0.